The highest BCUT2D eigenvalue weighted by molar-refractivity contribution is 6.31. The summed E-state index contributed by atoms with van der Waals surface area (Å²) >= 11 is 12.2. The van der Waals surface area contributed by atoms with Gasteiger partial charge in [-0.05, 0) is 42.3 Å². The number of hydrogen-bond donors (Lipinski definition) is 3. The molecule has 0 aliphatic carbocycles. The van der Waals surface area contributed by atoms with Crippen LogP contribution in [0, 0.1) is 6.92 Å². The Morgan fingerprint density at radius 1 is 1.09 bits per heavy atom. The molecular weight excluding hydrogens is 493 g/mol. The number of carboxylic acids is 1. The number of hydrazone groups is 1. The summed E-state index contributed by atoms with van der Waals surface area (Å²) in [5.41, 5.74) is 5.56. The molecule has 12 heteroatoms. The van der Waals surface area contributed by atoms with Gasteiger partial charge in [0, 0.05) is 35.7 Å². The molecule has 0 atom stereocenters. The Labute approximate surface area is 213 Å². The van der Waals surface area contributed by atoms with Gasteiger partial charge in [-0.3, -0.25) is 4.79 Å². The summed E-state index contributed by atoms with van der Waals surface area (Å²) in [4.78, 5) is 24.6. The van der Waals surface area contributed by atoms with E-state index in [4.69, 9.17) is 37.8 Å². The Hall–Kier alpha value is -3.47. The van der Waals surface area contributed by atoms with E-state index < -0.39 is 5.97 Å². The van der Waals surface area contributed by atoms with Crippen LogP contribution in [0.3, 0.4) is 0 Å². The van der Waals surface area contributed by atoms with Crippen LogP contribution in [-0.2, 0) is 9.53 Å². The number of rotatable bonds is 6. The molecule has 0 unspecified atom stereocenters. The van der Waals surface area contributed by atoms with Gasteiger partial charge in [-0.15, -0.1) is 0 Å². The number of aliphatic carboxylic acids is 1. The zero-order valence-electron chi connectivity index (χ0n) is 19.2. The third-order valence-corrected chi connectivity index (χ3v) is 5.25. The minimum Gasteiger partial charge on any atom is -0.481 e. The van der Waals surface area contributed by atoms with Gasteiger partial charge in [0.05, 0.1) is 19.4 Å². The summed E-state index contributed by atoms with van der Waals surface area (Å²) in [6.07, 6.45) is 1.67. The topological polar surface area (TPSA) is 125 Å². The van der Waals surface area contributed by atoms with E-state index in [1.807, 2.05) is 42.2 Å². The predicted molar refractivity (Wildman–Crippen MR) is 138 cm³/mol. The fraction of sp³-hybridized carbons (Fsp3) is 0.261. The molecule has 2 aromatic carbocycles. The monoisotopic (exact) mass is 517 g/mol. The van der Waals surface area contributed by atoms with Crippen LogP contribution in [0.4, 0.5) is 23.5 Å². The number of halogens is 2. The molecule has 2 heterocycles. The number of aryl methyl sites for hydroxylation is 1. The van der Waals surface area contributed by atoms with Gasteiger partial charge >= 0.3 is 0 Å². The van der Waals surface area contributed by atoms with Crippen molar-refractivity contribution in [1.82, 2.24) is 15.0 Å². The average molecular weight is 518 g/mol. The van der Waals surface area contributed by atoms with E-state index in [1.54, 1.807) is 18.3 Å². The summed E-state index contributed by atoms with van der Waals surface area (Å²) in [6.45, 7) is 5.69. The van der Waals surface area contributed by atoms with Gasteiger partial charge in [-0.1, -0.05) is 41.4 Å². The van der Waals surface area contributed by atoms with Gasteiger partial charge < -0.3 is 20.1 Å². The molecule has 35 heavy (non-hydrogen) atoms. The first kappa shape index (κ1) is 26.1. The average Bonchev–Trinajstić information content (AvgIpc) is 2.83. The second-order valence-electron chi connectivity index (χ2n) is 7.41. The van der Waals surface area contributed by atoms with Crippen LogP contribution in [0.2, 0.25) is 10.0 Å². The normalized spacial score (nSPS) is 13.2. The zero-order chi connectivity index (χ0) is 25.2. The standard InChI is InChI=1S/C21H21Cl2N7O.C2H4O2/c1-14-2-7-17(12-18(14)23)25-19-26-20(28-21(27-19)30-8-10-31-11-9-30)29-24-13-15-3-5-16(22)6-4-15;1-2(3)4/h2-7,12-13H,8-11H2,1H3,(H2,25,26,27,28,29);1H3,(H,3,4). The molecule has 3 aromatic rings. The Balaban J connectivity index is 0.000000795. The van der Waals surface area contributed by atoms with Crippen molar-refractivity contribution in [3.8, 4) is 0 Å². The van der Waals surface area contributed by atoms with Crippen molar-refractivity contribution in [1.29, 1.82) is 0 Å². The first-order valence-corrected chi connectivity index (χ1v) is 11.4. The van der Waals surface area contributed by atoms with Crippen LogP contribution in [0.1, 0.15) is 18.1 Å². The number of nitrogens with zero attached hydrogens (tertiary/aromatic N) is 5. The van der Waals surface area contributed by atoms with E-state index in [9.17, 15) is 0 Å². The van der Waals surface area contributed by atoms with Crippen LogP contribution in [-0.4, -0.2) is 58.5 Å². The van der Waals surface area contributed by atoms with E-state index in [1.165, 1.54) is 0 Å². The maximum absolute atomic E-state index is 9.00. The van der Waals surface area contributed by atoms with Gasteiger partial charge in [-0.2, -0.15) is 20.1 Å². The summed E-state index contributed by atoms with van der Waals surface area (Å²) in [5, 5.41) is 16.2. The number of anilines is 4. The number of aromatic nitrogens is 3. The van der Waals surface area contributed by atoms with E-state index >= 15 is 0 Å². The molecule has 1 fully saturated rings. The summed E-state index contributed by atoms with van der Waals surface area (Å²) in [5.74, 6) is 0.422. The van der Waals surface area contributed by atoms with Crippen molar-refractivity contribution in [2.75, 3.05) is 41.9 Å². The van der Waals surface area contributed by atoms with Crippen molar-refractivity contribution in [2.24, 2.45) is 5.10 Å². The molecule has 4 rings (SSSR count). The lowest BCUT2D eigenvalue weighted by Gasteiger charge is -2.27. The number of nitrogens with one attached hydrogen (secondary N) is 2. The molecule has 3 N–H and O–H groups in total. The van der Waals surface area contributed by atoms with Crippen LogP contribution in [0.25, 0.3) is 0 Å². The molecule has 0 bridgehead atoms. The maximum atomic E-state index is 9.00. The number of carboxylic acid groups (broad SMARTS) is 1. The second-order valence-corrected chi connectivity index (χ2v) is 8.26. The van der Waals surface area contributed by atoms with E-state index in [2.05, 4.69) is 30.8 Å². The van der Waals surface area contributed by atoms with Gasteiger partial charge in [0.15, 0.2) is 0 Å². The maximum Gasteiger partial charge on any atom is 0.300 e. The smallest absolute Gasteiger partial charge is 0.300 e. The summed E-state index contributed by atoms with van der Waals surface area (Å²) in [6, 6.07) is 13.0. The van der Waals surface area contributed by atoms with Crippen LogP contribution in [0.15, 0.2) is 47.6 Å². The first-order valence-electron chi connectivity index (χ1n) is 10.7. The van der Waals surface area contributed by atoms with Crippen molar-refractivity contribution < 1.29 is 14.6 Å². The van der Waals surface area contributed by atoms with Crippen molar-refractivity contribution in [3.05, 3.63) is 63.6 Å². The van der Waals surface area contributed by atoms with Crippen LogP contribution in [0.5, 0.6) is 0 Å². The summed E-state index contributed by atoms with van der Waals surface area (Å²) < 4.78 is 5.43. The minimum absolute atomic E-state index is 0.322. The van der Waals surface area contributed by atoms with Crippen LogP contribution >= 0.6 is 23.2 Å². The lowest BCUT2D eigenvalue weighted by atomic mass is 10.2. The molecule has 0 spiro atoms. The van der Waals surface area contributed by atoms with Gasteiger partial charge in [0.2, 0.25) is 17.8 Å². The number of benzene rings is 2. The highest BCUT2D eigenvalue weighted by atomic mass is 35.5. The molecule has 0 radical (unpaired) electrons. The van der Waals surface area contributed by atoms with Gasteiger partial charge in [0.25, 0.3) is 5.97 Å². The highest BCUT2D eigenvalue weighted by Crippen LogP contribution is 2.23. The van der Waals surface area contributed by atoms with E-state index in [0.717, 1.165) is 23.7 Å². The second kappa shape index (κ2) is 12.8. The fourth-order valence-electron chi connectivity index (χ4n) is 2.89. The van der Waals surface area contributed by atoms with Gasteiger partial charge in [-0.25, -0.2) is 5.43 Å². The Morgan fingerprint density at radius 3 is 2.40 bits per heavy atom. The first-order chi connectivity index (χ1) is 16.8. The lowest BCUT2D eigenvalue weighted by molar-refractivity contribution is -0.134. The Kier molecular flexibility index (Phi) is 9.59. The third-order valence-electron chi connectivity index (χ3n) is 4.59. The molecule has 1 aromatic heterocycles. The fourth-order valence-corrected chi connectivity index (χ4v) is 3.20. The van der Waals surface area contributed by atoms with Gasteiger partial charge in [0.1, 0.15) is 0 Å². The van der Waals surface area contributed by atoms with E-state index in [0.29, 0.717) is 54.2 Å². The Morgan fingerprint density at radius 2 is 1.74 bits per heavy atom. The predicted octanol–water partition coefficient (Wildman–Crippen LogP) is 4.60. The number of hydrogen-bond acceptors (Lipinski definition) is 9. The highest BCUT2D eigenvalue weighted by Gasteiger charge is 2.17. The Bertz CT molecular complexity index is 1170. The zero-order valence-corrected chi connectivity index (χ0v) is 20.7. The minimum atomic E-state index is -0.833. The van der Waals surface area contributed by atoms with Crippen LogP contribution < -0.4 is 15.6 Å². The lowest BCUT2D eigenvalue weighted by Crippen LogP contribution is -2.37. The number of ether oxygens (including phenoxy) is 1. The molecule has 0 saturated carbocycles. The summed E-state index contributed by atoms with van der Waals surface area (Å²) in [7, 11) is 0. The number of morpholine rings is 1. The van der Waals surface area contributed by atoms with Crippen molar-refractivity contribution in [2.45, 2.75) is 13.8 Å². The van der Waals surface area contributed by atoms with E-state index in [-0.39, 0.29) is 0 Å². The molecule has 1 aliphatic heterocycles. The molecule has 1 aliphatic rings. The largest absolute Gasteiger partial charge is 0.481 e. The molecule has 0 amide bonds. The quantitative estimate of drug-likeness (QED) is 0.317. The SMILES string of the molecule is CC(=O)O.Cc1ccc(Nc2nc(NN=Cc3ccc(Cl)cc3)nc(N3CCOCC3)n2)cc1Cl. The van der Waals surface area contributed by atoms with Crippen molar-refractivity contribution in [3.63, 3.8) is 0 Å². The molecule has 1 saturated heterocycles. The molecule has 10 nitrogen and oxygen atoms in total. The molecule has 184 valence electrons. The number of carbonyl (C=O) groups is 1. The third kappa shape index (κ3) is 8.67. The van der Waals surface area contributed by atoms with Crippen molar-refractivity contribution >= 4 is 58.9 Å². The molecular formula is C23H25Cl2N7O3.